The zero-order valence-electron chi connectivity index (χ0n) is 14.6. The molecule has 1 saturated carbocycles. The van der Waals surface area contributed by atoms with Crippen LogP contribution < -0.4 is 5.32 Å². The summed E-state index contributed by atoms with van der Waals surface area (Å²) in [6, 6.07) is 9.87. The first-order valence-electron chi connectivity index (χ1n) is 9.23. The first kappa shape index (κ1) is 17.0. The number of nitrogens with zero attached hydrogens (tertiary/aromatic N) is 1. The Morgan fingerprint density at radius 2 is 1.73 bits per heavy atom. The smallest absolute Gasteiger partial charge is 0.316 e. The highest BCUT2D eigenvalue weighted by atomic mass is 19.1. The van der Waals surface area contributed by atoms with E-state index in [-0.39, 0.29) is 19.1 Å². The number of urea groups is 1. The summed E-state index contributed by atoms with van der Waals surface area (Å²) in [4.78, 5) is 14.0. The molecule has 0 aromatic heterocycles. The van der Waals surface area contributed by atoms with E-state index in [0.29, 0.717) is 17.0 Å². The van der Waals surface area contributed by atoms with E-state index in [2.05, 4.69) is 17.4 Å². The minimum atomic E-state index is -0.609. The summed E-state index contributed by atoms with van der Waals surface area (Å²) in [7, 11) is 0. The Kier molecular flexibility index (Phi) is 4.62. The lowest BCUT2D eigenvalue weighted by molar-refractivity contribution is 0.212. The summed E-state index contributed by atoms with van der Waals surface area (Å²) < 4.78 is 27.2. The SMILES string of the molecule is O=C(Nc1ccc(C2CCCCC2)cc1)N1Cc2cc(F)cc(F)c2C1. The number of carbonyl (C=O) groups is 1. The fraction of sp³-hybridized carbons (Fsp3) is 0.381. The molecule has 0 bridgehead atoms. The van der Waals surface area contributed by atoms with Crippen LogP contribution in [-0.2, 0) is 13.1 Å². The number of anilines is 1. The Hall–Kier alpha value is -2.43. The molecular formula is C21H22F2N2O. The fourth-order valence-corrected chi connectivity index (χ4v) is 4.05. The van der Waals surface area contributed by atoms with Gasteiger partial charge in [-0.1, -0.05) is 31.4 Å². The third kappa shape index (κ3) is 3.43. The van der Waals surface area contributed by atoms with E-state index in [9.17, 15) is 13.6 Å². The van der Waals surface area contributed by atoms with Crippen LogP contribution in [0.1, 0.15) is 54.7 Å². The van der Waals surface area contributed by atoms with Crippen molar-refractivity contribution in [3.05, 3.63) is 64.7 Å². The number of fused-ring (bicyclic) bond motifs is 1. The van der Waals surface area contributed by atoms with Crippen LogP contribution in [0.2, 0.25) is 0 Å². The van der Waals surface area contributed by atoms with Crippen molar-refractivity contribution < 1.29 is 13.6 Å². The number of halogens is 2. The molecule has 1 fully saturated rings. The van der Waals surface area contributed by atoms with Crippen molar-refractivity contribution >= 4 is 11.7 Å². The zero-order chi connectivity index (χ0) is 18.1. The minimum Gasteiger partial charge on any atom is -0.316 e. The second kappa shape index (κ2) is 7.06. The van der Waals surface area contributed by atoms with Crippen LogP contribution in [0.5, 0.6) is 0 Å². The summed E-state index contributed by atoms with van der Waals surface area (Å²) in [6.07, 6.45) is 6.37. The van der Waals surface area contributed by atoms with Crippen LogP contribution in [0.3, 0.4) is 0 Å². The molecule has 136 valence electrons. The Morgan fingerprint density at radius 3 is 2.46 bits per heavy atom. The summed E-state index contributed by atoms with van der Waals surface area (Å²) in [5.41, 5.74) is 2.98. The molecule has 5 heteroatoms. The first-order valence-corrected chi connectivity index (χ1v) is 9.23. The molecule has 1 heterocycles. The molecule has 0 spiro atoms. The molecule has 3 nitrogen and oxygen atoms in total. The van der Waals surface area contributed by atoms with E-state index in [1.165, 1.54) is 48.6 Å². The normalized spacial score (nSPS) is 17.2. The van der Waals surface area contributed by atoms with E-state index in [0.717, 1.165) is 11.8 Å². The lowest BCUT2D eigenvalue weighted by atomic mass is 9.84. The number of nitrogens with one attached hydrogen (secondary N) is 1. The van der Waals surface area contributed by atoms with E-state index < -0.39 is 11.6 Å². The lowest BCUT2D eigenvalue weighted by Crippen LogP contribution is -2.30. The molecule has 4 rings (SSSR count). The largest absolute Gasteiger partial charge is 0.322 e. The molecule has 26 heavy (non-hydrogen) atoms. The number of benzene rings is 2. The highest BCUT2D eigenvalue weighted by Gasteiger charge is 2.26. The molecular weight excluding hydrogens is 334 g/mol. The fourth-order valence-electron chi connectivity index (χ4n) is 4.05. The van der Waals surface area contributed by atoms with E-state index in [4.69, 9.17) is 0 Å². The molecule has 2 amide bonds. The van der Waals surface area contributed by atoms with E-state index in [1.807, 2.05) is 12.1 Å². The van der Waals surface area contributed by atoms with Crippen molar-refractivity contribution in [1.29, 1.82) is 0 Å². The summed E-state index contributed by atoms with van der Waals surface area (Å²) >= 11 is 0. The molecule has 0 atom stereocenters. The summed E-state index contributed by atoms with van der Waals surface area (Å²) in [5, 5.41) is 2.85. The van der Waals surface area contributed by atoms with Crippen molar-refractivity contribution in [2.45, 2.75) is 51.1 Å². The van der Waals surface area contributed by atoms with Crippen LogP contribution in [0.25, 0.3) is 0 Å². The lowest BCUT2D eigenvalue weighted by Gasteiger charge is -2.22. The summed E-state index contributed by atoms with van der Waals surface area (Å²) in [5.74, 6) is -0.576. The van der Waals surface area contributed by atoms with Gasteiger partial charge >= 0.3 is 6.03 Å². The molecule has 1 aliphatic heterocycles. The van der Waals surface area contributed by atoms with Crippen molar-refractivity contribution in [2.75, 3.05) is 5.32 Å². The first-order chi connectivity index (χ1) is 12.6. The average Bonchev–Trinajstić information content (AvgIpc) is 3.08. The van der Waals surface area contributed by atoms with Crippen LogP contribution >= 0.6 is 0 Å². The summed E-state index contributed by atoms with van der Waals surface area (Å²) in [6.45, 7) is 0.378. The third-order valence-corrected chi connectivity index (χ3v) is 5.49. The standard InChI is InChI=1S/C21H22F2N2O/c22-17-10-16-12-25(13-19(16)20(23)11-17)21(26)24-18-8-6-15(7-9-18)14-4-2-1-3-5-14/h6-11,14H,1-5,12-13H2,(H,24,26). The van der Waals surface area contributed by atoms with Gasteiger partial charge in [-0.2, -0.15) is 0 Å². The highest BCUT2D eigenvalue weighted by molar-refractivity contribution is 5.89. The average molecular weight is 356 g/mol. The van der Waals surface area contributed by atoms with Gasteiger partial charge < -0.3 is 10.2 Å². The van der Waals surface area contributed by atoms with Gasteiger partial charge in [0.2, 0.25) is 0 Å². The Balaban J connectivity index is 1.40. The monoisotopic (exact) mass is 356 g/mol. The van der Waals surface area contributed by atoms with Gasteiger partial charge in [0.15, 0.2) is 0 Å². The highest BCUT2D eigenvalue weighted by Crippen LogP contribution is 2.33. The van der Waals surface area contributed by atoms with Gasteiger partial charge in [-0.25, -0.2) is 13.6 Å². The molecule has 2 aliphatic rings. The Bertz CT molecular complexity index is 814. The van der Waals surface area contributed by atoms with Gasteiger partial charge in [-0.05, 0) is 48.1 Å². The van der Waals surface area contributed by atoms with Gasteiger partial charge in [0.05, 0.1) is 6.54 Å². The zero-order valence-corrected chi connectivity index (χ0v) is 14.6. The molecule has 1 aliphatic carbocycles. The molecule has 2 aromatic carbocycles. The van der Waals surface area contributed by atoms with Gasteiger partial charge in [0.1, 0.15) is 11.6 Å². The quantitative estimate of drug-likeness (QED) is 0.751. The molecule has 0 radical (unpaired) electrons. The molecule has 1 N–H and O–H groups in total. The van der Waals surface area contributed by atoms with Crippen molar-refractivity contribution in [1.82, 2.24) is 4.90 Å². The maximum Gasteiger partial charge on any atom is 0.322 e. The Morgan fingerprint density at radius 1 is 1.00 bits per heavy atom. The maximum atomic E-state index is 13.8. The van der Waals surface area contributed by atoms with Gasteiger partial charge in [-0.15, -0.1) is 0 Å². The minimum absolute atomic E-state index is 0.160. The molecule has 0 saturated heterocycles. The van der Waals surface area contributed by atoms with Crippen molar-refractivity contribution in [3.63, 3.8) is 0 Å². The van der Waals surface area contributed by atoms with Crippen LogP contribution in [-0.4, -0.2) is 10.9 Å². The second-order valence-corrected chi connectivity index (χ2v) is 7.27. The number of carbonyl (C=O) groups excluding carboxylic acids is 1. The number of hydrogen-bond donors (Lipinski definition) is 1. The maximum absolute atomic E-state index is 13.8. The second-order valence-electron chi connectivity index (χ2n) is 7.27. The van der Waals surface area contributed by atoms with Crippen LogP contribution in [0.15, 0.2) is 36.4 Å². The van der Waals surface area contributed by atoms with Crippen molar-refractivity contribution in [2.24, 2.45) is 0 Å². The van der Waals surface area contributed by atoms with Crippen molar-refractivity contribution in [3.8, 4) is 0 Å². The van der Waals surface area contributed by atoms with Crippen LogP contribution in [0.4, 0.5) is 19.3 Å². The number of rotatable bonds is 2. The van der Waals surface area contributed by atoms with E-state index in [1.54, 1.807) is 0 Å². The van der Waals surface area contributed by atoms with Gasteiger partial charge in [0, 0.05) is 23.9 Å². The van der Waals surface area contributed by atoms with Gasteiger partial charge in [0.25, 0.3) is 0 Å². The molecule has 0 unspecified atom stereocenters. The van der Waals surface area contributed by atoms with Crippen LogP contribution in [0, 0.1) is 11.6 Å². The Labute approximate surface area is 152 Å². The predicted molar refractivity (Wildman–Crippen MR) is 96.9 cm³/mol. The topological polar surface area (TPSA) is 32.3 Å². The molecule has 2 aromatic rings. The predicted octanol–water partition coefficient (Wildman–Crippen LogP) is 5.56. The van der Waals surface area contributed by atoms with E-state index >= 15 is 0 Å². The third-order valence-electron chi connectivity index (χ3n) is 5.49. The van der Waals surface area contributed by atoms with Gasteiger partial charge in [-0.3, -0.25) is 0 Å². The number of hydrogen-bond acceptors (Lipinski definition) is 1. The number of amides is 2.